The highest BCUT2D eigenvalue weighted by molar-refractivity contribution is 6.01. The smallest absolute Gasteiger partial charge is 0.252 e. The van der Waals surface area contributed by atoms with Crippen molar-refractivity contribution in [3.8, 4) is 11.5 Å². The number of nitrogens with one attached hydrogen (secondary N) is 2. The number of hydrogen-bond donors (Lipinski definition) is 3. The maximum Gasteiger partial charge on any atom is 0.252 e. The van der Waals surface area contributed by atoms with E-state index in [1.807, 2.05) is 0 Å². The predicted octanol–water partition coefficient (Wildman–Crippen LogP) is 1.43. The first-order valence-corrected chi connectivity index (χ1v) is 7.58. The summed E-state index contributed by atoms with van der Waals surface area (Å²) >= 11 is 0. The van der Waals surface area contributed by atoms with Gasteiger partial charge >= 0.3 is 0 Å². The molecule has 2 aromatic carbocycles. The van der Waals surface area contributed by atoms with Crippen LogP contribution in [-0.4, -0.2) is 43.8 Å². The summed E-state index contributed by atoms with van der Waals surface area (Å²) in [5, 5.41) is 14.6. The van der Waals surface area contributed by atoms with Crippen molar-refractivity contribution in [1.82, 2.24) is 5.32 Å². The summed E-state index contributed by atoms with van der Waals surface area (Å²) in [5.41, 5.74) is 0.856. The second kappa shape index (κ2) is 8.70. The molecule has 7 heteroatoms. The molecule has 7 nitrogen and oxygen atoms in total. The highest BCUT2D eigenvalue weighted by Crippen LogP contribution is 2.15. The van der Waals surface area contributed by atoms with Crippen LogP contribution in [0.2, 0.25) is 0 Å². The Balaban J connectivity index is 2.02. The molecule has 2 rings (SSSR count). The molecule has 0 saturated carbocycles. The van der Waals surface area contributed by atoms with Crippen molar-refractivity contribution in [2.24, 2.45) is 0 Å². The molecule has 0 radical (unpaired) electrons. The number of carbonyl (C=O) groups excluding carboxylic acids is 2. The fourth-order valence-electron chi connectivity index (χ4n) is 2.10. The maximum absolute atomic E-state index is 12.2. The number of rotatable bonds is 7. The number of methoxy groups -OCH3 is 2. The van der Waals surface area contributed by atoms with Gasteiger partial charge in [-0.25, -0.2) is 0 Å². The van der Waals surface area contributed by atoms with Gasteiger partial charge in [-0.2, -0.15) is 0 Å². The molecule has 1 atom stereocenters. The zero-order valence-corrected chi connectivity index (χ0v) is 14.0. The lowest BCUT2D eigenvalue weighted by molar-refractivity contribution is -0.118. The van der Waals surface area contributed by atoms with E-state index in [9.17, 15) is 14.7 Å². The van der Waals surface area contributed by atoms with Crippen molar-refractivity contribution in [1.29, 1.82) is 0 Å². The molecule has 1 unspecified atom stereocenters. The van der Waals surface area contributed by atoms with Gasteiger partial charge in [0.25, 0.3) is 5.91 Å². The molecule has 0 fully saturated rings. The Morgan fingerprint density at radius 1 is 1.04 bits per heavy atom. The van der Waals surface area contributed by atoms with E-state index in [0.717, 1.165) is 0 Å². The number of ether oxygens (including phenoxy) is 2. The number of aliphatic hydroxyl groups excluding tert-OH is 1. The third kappa shape index (κ3) is 4.95. The van der Waals surface area contributed by atoms with Gasteiger partial charge in [-0.1, -0.05) is 6.07 Å². The molecule has 2 aromatic rings. The van der Waals surface area contributed by atoms with Crippen LogP contribution in [0.3, 0.4) is 0 Å². The van der Waals surface area contributed by atoms with E-state index in [2.05, 4.69) is 10.6 Å². The first-order chi connectivity index (χ1) is 12.1. The van der Waals surface area contributed by atoms with Crippen LogP contribution in [0.5, 0.6) is 11.5 Å². The van der Waals surface area contributed by atoms with Gasteiger partial charge in [0.1, 0.15) is 17.5 Å². The van der Waals surface area contributed by atoms with Crippen LogP contribution in [0, 0.1) is 0 Å². The average molecular weight is 344 g/mol. The average Bonchev–Trinajstić information content (AvgIpc) is 2.66. The fourth-order valence-corrected chi connectivity index (χ4v) is 2.10. The van der Waals surface area contributed by atoms with Gasteiger partial charge in [-0.15, -0.1) is 0 Å². The Labute approximate surface area is 145 Å². The summed E-state index contributed by atoms with van der Waals surface area (Å²) < 4.78 is 10.1. The van der Waals surface area contributed by atoms with Crippen molar-refractivity contribution < 1.29 is 24.2 Å². The van der Waals surface area contributed by atoms with E-state index >= 15 is 0 Å². The summed E-state index contributed by atoms with van der Waals surface area (Å²) in [6.07, 6.45) is 0. The summed E-state index contributed by atoms with van der Waals surface area (Å²) in [6.45, 7) is -0.530. The number of carbonyl (C=O) groups is 2. The SMILES string of the molecule is COc1ccc(NC(=O)C(CO)NC(=O)c2cccc(OC)c2)cc1. The third-order valence-corrected chi connectivity index (χ3v) is 3.49. The molecule has 0 bridgehead atoms. The largest absolute Gasteiger partial charge is 0.497 e. The molecule has 25 heavy (non-hydrogen) atoms. The van der Waals surface area contributed by atoms with Crippen LogP contribution in [0.25, 0.3) is 0 Å². The van der Waals surface area contributed by atoms with E-state index in [-0.39, 0.29) is 0 Å². The van der Waals surface area contributed by atoms with Crippen LogP contribution >= 0.6 is 0 Å². The van der Waals surface area contributed by atoms with Gasteiger partial charge in [0.2, 0.25) is 5.91 Å². The van der Waals surface area contributed by atoms with Crippen molar-refractivity contribution in [2.45, 2.75) is 6.04 Å². The Hall–Kier alpha value is -3.06. The Morgan fingerprint density at radius 3 is 2.32 bits per heavy atom. The minimum Gasteiger partial charge on any atom is -0.497 e. The third-order valence-electron chi connectivity index (χ3n) is 3.49. The molecule has 0 aliphatic carbocycles. The van der Waals surface area contributed by atoms with Crippen molar-refractivity contribution in [3.05, 3.63) is 54.1 Å². The van der Waals surface area contributed by atoms with Crippen molar-refractivity contribution >= 4 is 17.5 Å². The monoisotopic (exact) mass is 344 g/mol. The molecule has 0 aliphatic heterocycles. The topological polar surface area (TPSA) is 96.9 Å². The van der Waals surface area contributed by atoms with Gasteiger partial charge < -0.3 is 25.2 Å². The molecule has 0 saturated heterocycles. The van der Waals surface area contributed by atoms with Crippen molar-refractivity contribution in [2.75, 3.05) is 26.1 Å². The quantitative estimate of drug-likeness (QED) is 0.706. The fraction of sp³-hybridized carbons (Fsp3) is 0.222. The number of anilines is 1. The predicted molar refractivity (Wildman–Crippen MR) is 93.0 cm³/mol. The van der Waals surface area contributed by atoms with E-state index in [1.54, 1.807) is 55.6 Å². The van der Waals surface area contributed by atoms with Crippen LogP contribution in [0.15, 0.2) is 48.5 Å². The lowest BCUT2D eigenvalue weighted by Gasteiger charge is -2.16. The highest BCUT2D eigenvalue weighted by atomic mass is 16.5. The minimum atomic E-state index is -1.08. The van der Waals surface area contributed by atoms with Crippen LogP contribution in [0.1, 0.15) is 10.4 Å². The molecule has 0 spiro atoms. The molecule has 0 heterocycles. The van der Waals surface area contributed by atoms with Gasteiger partial charge in [-0.3, -0.25) is 9.59 Å². The summed E-state index contributed by atoms with van der Waals surface area (Å²) in [6, 6.07) is 12.1. The number of hydrogen-bond acceptors (Lipinski definition) is 5. The Morgan fingerprint density at radius 2 is 1.72 bits per heavy atom. The zero-order valence-electron chi connectivity index (χ0n) is 14.0. The van der Waals surface area contributed by atoms with Gasteiger partial charge in [-0.05, 0) is 42.5 Å². The van der Waals surface area contributed by atoms with Crippen molar-refractivity contribution in [3.63, 3.8) is 0 Å². The second-order valence-corrected chi connectivity index (χ2v) is 5.16. The second-order valence-electron chi connectivity index (χ2n) is 5.16. The zero-order chi connectivity index (χ0) is 18.2. The summed E-state index contributed by atoms with van der Waals surface area (Å²) in [7, 11) is 3.04. The van der Waals surface area contributed by atoms with Crippen LogP contribution in [-0.2, 0) is 4.79 Å². The number of benzene rings is 2. The van der Waals surface area contributed by atoms with Crippen LogP contribution in [0.4, 0.5) is 5.69 Å². The lowest BCUT2D eigenvalue weighted by atomic mass is 10.1. The van der Waals surface area contributed by atoms with E-state index in [0.29, 0.717) is 22.7 Å². The molecule has 132 valence electrons. The lowest BCUT2D eigenvalue weighted by Crippen LogP contribution is -2.46. The highest BCUT2D eigenvalue weighted by Gasteiger charge is 2.21. The molecule has 0 aromatic heterocycles. The molecular weight excluding hydrogens is 324 g/mol. The number of amides is 2. The minimum absolute atomic E-state index is 0.329. The van der Waals surface area contributed by atoms with Gasteiger partial charge in [0.15, 0.2) is 0 Å². The van der Waals surface area contributed by atoms with E-state index < -0.39 is 24.5 Å². The first-order valence-electron chi connectivity index (χ1n) is 7.58. The Kier molecular flexibility index (Phi) is 6.36. The maximum atomic E-state index is 12.2. The molecular formula is C18H20N2O5. The van der Waals surface area contributed by atoms with E-state index in [1.165, 1.54) is 7.11 Å². The first kappa shape index (κ1) is 18.3. The standard InChI is InChI=1S/C18H20N2O5/c1-24-14-8-6-13(7-9-14)19-18(23)16(11-21)20-17(22)12-4-3-5-15(10-12)25-2/h3-10,16,21H,11H2,1-2H3,(H,19,23)(H,20,22). The number of aliphatic hydroxyl groups is 1. The molecule has 0 aliphatic rings. The van der Waals surface area contributed by atoms with Crippen LogP contribution < -0.4 is 20.1 Å². The molecule has 3 N–H and O–H groups in total. The van der Waals surface area contributed by atoms with Gasteiger partial charge in [0, 0.05) is 11.3 Å². The normalized spacial score (nSPS) is 11.3. The summed E-state index contributed by atoms with van der Waals surface area (Å²) in [4.78, 5) is 24.5. The summed E-state index contributed by atoms with van der Waals surface area (Å²) in [5.74, 6) is 0.172. The van der Waals surface area contributed by atoms with Gasteiger partial charge in [0.05, 0.1) is 20.8 Å². The Bertz CT molecular complexity index is 731. The molecule has 2 amide bonds. The van der Waals surface area contributed by atoms with E-state index in [4.69, 9.17) is 9.47 Å².